The van der Waals surface area contributed by atoms with Crippen molar-refractivity contribution in [2.45, 2.75) is 0 Å². The largest absolute Gasteiger partial charge is 0.340 e. The third-order valence-corrected chi connectivity index (χ3v) is 2.61. The highest BCUT2D eigenvalue weighted by atomic mass is 19.1. The molecule has 1 N–H and O–H groups in total. The molecule has 1 heterocycles. The van der Waals surface area contributed by atoms with Crippen molar-refractivity contribution >= 4 is 17.3 Å². The predicted octanol–water partition coefficient (Wildman–Crippen LogP) is 2.46. The topological polar surface area (TPSA) is 77.2 Å². The minimum Gasteiger partial charge on any atom is -0.340 e. The number of hydrogen-bond donors (Lipinski definition) is 1. The first-order chi connectivity index (χ1) is 9.38. The van der Waals surface area contributed by atoms with Gasteiger partial charge in [-0.3, -0.25) is 14.9 Å². The van der Waals surface area contributed by atoms with E-state index < -0.39 is 22.5 Å². The summed E-state index contributed by atoms with van der Waals surface area (Å²) in [5.74, 6) is -2.43. The van der Waals surface area contributed by atoms with E-state index in [4.69, 9.17) is 0 Å². The fraction of sp³-hybridized carbons (Fsp3) is 0.0833. The van der Waals surface area contributed by atoms with Crippen LogP contribution in [0.25, 0.3) is 0 Å². The molecule has 0 radical (unpaired) electrons. The summed E-state index contributed by atoms with van der Waals surface area (Å²) in [5.41, 5.74) is -0.474. The van der Waals surface area contributed by atoms with Crippen molar-refractivity contribution in [3.63, 3.8) is 0 Å². The standard InChI is InChI=1S/C12H9F2N3O3/c1-16-6-8(17(19)20)5-11(16)12(18)15-10-3-2-7(13)4-9(10)14/h2-6H,1H3,(H,15,18). The lowest BCUT2D eigenvalue weighted by Gasteiger charge is -2.06. The van der Waals surface area contributed by atoms with Crippen LogP contribution in [0, 0.1) is 21.7 Å². The van der Waals surface area contributed by atoms with Gasteiger partial charge in [0, 0.05) is 19.2 Å². The number of halogens is 2. The molecule has 2 aromatic rings. The molecule has 8 heteroatoms. The molecule has 1 amide bonds. The summed E-state index contributed by atoms with van der Waals surface area (Å²) in [6.07, 6.45) is 1.16. The maximum absolute atomic E-state index is 13.4. The van der Waals surface area contributed by atoms with E-state index in [0.29, 0.717) is 6.07 Å². The Hall–Kier alpha value is -2.77. The number of nitro groups is 1. The van der Waals surface area contributed by atoms with Crippen molar-refractivity contribution in [1.82, 2.24) is 4.57 Å². The molecule has 0 saturated carbocycles. The Bertz CT molecular complexity index is 697. The summed E-state index contributed by atoms with van der Waals surface area (Å²) in [4.78, 5) is 21.8. The van der Waals surface area contributed by atoms with Crippen molar-refractivity contribution in [1.29, 1.82) is 0 Å². The number of nitrogens with one attached hydrogen (secondary N) is 1. The second-order valence-corrected chi connectivity index (χ2v) is 4.03. The molecule has 0 spiro atoms. The van der Waals surface area contributed by atoms with E-state index in [1.54, 1.807) is 0 Å². The fourth-order valence-electron chi connectivity index (χ4n) is 1.65. The predicted molar refractivity (Wildman–Crippen MR) is 66.4 cm³/mol. The normalized spacial score (nSPS) is 10.3. The Morgan fingerprint density at radius 2 is 2.05 bits per heavy atom. The molecule has 104 valence electrons. The molecule has 1 aromatic carbocycles. The van der Waals surface area contributed by atoms with Gasteiger partial charge in [-0.05, 0) is 12.1 Å². The zero-order valence-electron chi connectivity index (χ0n) is 10.3. The number of carbonyl (C=O) groups is 1. The van der Waals surface area contributed by atoms with E-state index in [1.807, 2.05) is 0 Å². The zero-order valence-corrected chi connectivity index (χ0v) is 10.3. The van der Waals surface area contributed by atoms with Crippen molar-refractivity contribution in [3.8, 4) is 0 Å². The van der Waals surface area contributed by atoms with E-state index in [0.717, 1.165) is 24.4 Å². The molecule has 0 unspecified atom stereocenters. The fourth-order valence-corrected chi connectivity index (χ4v) is 1.65. The first kappa shape index (κ1) is 13.7. The average Bonchev–Trinajstić information content (AvgIpc) is 2.75. The van der Waals surface area contributed by atoms with E-state index in [1.165, 1.54) is 11.6 Å². The minimum absolute atomic E-state index is 0.0135. The third-order valence-electron chi connectivity index (χ3n) is 2.61. The van der Waals surface area contributed by atoms with Gasteiger partial charge in [-0.2, -0.15) is 0 Å². The summed E-state index contributed by atoms with van der Waals surface area (Å²) in [7, 11) is 1.45. The van der Waals surface area contributed by atoms with Crippen molar-refractivity contribution in [3.05, 3.63) is 57.9 Å². The Morgan fingerprint density at radius 3 is 2.60 bits per heavy atom. The molecule has 0 atom stereocenters. The number of anilines is 1. The monoisotopic (exact) mass is 281 g/mol. The molecule has 0 aliphatic carbocycles. The number of hydrogen-bond acceptors (Lipinski definition) is 3. The SMILES string of the molecule is Cn1cc([N+](=O)[O-])cc1C(=O)Nc1ccc(F)cc1F. The smallest absolute Gasteiger partial charge is 0.287 e. The number of amides is 1. The number of benzene rings is 1. The number of nitrogens with zero attached hydrogens (tertiary/aromatic N) is 2. The van der Waals surface area contributed by atoms with Crippen LogP contribution in [-0.2, 0) is 7.05 Å². The van der Waals surface area contributed by atoms with Gasteiger partial charge in [0.15, 0.2) is 0 Å². The summed E-state index contributed by atoms with van der Waals surface area (Å²) >= 11 is 0. The summed E-state index contributed by atoms with van der Waals surface area (Å²) < 4.78 is 27.4. The molecule has 0 fully saturated rings. The number of aromatic nitrogens is 1. The van der Waals surface area contributed by atoms with Crippen LogP contribution in [0.1, 0.15) is 10.5 Å². The van der Waals surface area contributed by atoms with E-state index in [-0.39, 0.29) is 17.1 Å². The summed E-state index contributed by atoms with van der Waals surface area (Å²) in [5, 5.41) is 12.8. The number of carbonyl (C=O) groups excluding carboxylic acids is 1. The van der Waals surface area contributed by atoms with Crippen LogP contribution in [0.3, 0.4) is 0 Å². The average molecular weight is 281 g/mol. The van der Waals surface area contributed by atoms with Crippen LogP contribution < -0.4 is 5.32 Å². The van der Waals surface area contributed by atoms with Gasteiger partial charge in [-0.25, -0.2) is 8.78 Å². The first-order valence-electron chi connectivity index (χ1n) is 5.45. The van der Waals surface area contributed by atoms with Gasteiger partial charge in [0.2, 0.25) is 0 Å². The molecule has 2 rings (SSSR count). The van der Waals surface area contributed by atoms with Crippen LogP contribution in [0.4, 0.5) is 20.2 Å². The van der Waals surface area contributed by atoms with Gasteiger partial charge >= 0.3 is 0 Å². The number of rotatable bonds is 3. The van der Waals surface area contributed by atoms with Crippen LogP contribution in [-0.4, -0.2) is 15.4 Å². The van der Waals surface area contributed by atoms with Crippen LogP contribution in [0.2, 0.25) is 0 Å². The second kappa shape index (κ2) is 5.08. The van der Waals surface area contributed by atoms with Crippen molar-refractivity contribution < 1.29 is 18.5 Å². The Balaban J connectivity index is 2.26. The summed E-state index contributed by atoms with van der Waals surface area (Å²) in [6, 6.07) is 3.76. The lowest BCUT2D eigenvalue weighted by Crippen LogP contribution is -2.16. The van der Waals surface area contributed by atoms with Crippen LogP contribution in [0.5, 0.6) is 0 Å². The zero-order chi connectivity index (χ0) is 14.9. The van der Waals surface area contributed by atoms with Crippen molar-refractivity contribution in [2.75, 3.05) is 5.32 Å². The molecule has 6 nitrogen and oxygen atoms in total. The highest BCUT2D eigenvalue weighted by Crippen LogP contribution is 2.19. The van der Waals surface area contributed by atoms with Gasteiger partial charge in [-0.15, -0.1) is 0 Å². The molecule has 1 aromatic heterocycles. The second-order valence-electron chi connectivity index (χ2n) is 4.03. The highest BCUT2D eigenvalue weighted by Gasteiger charge is 2.18. The Kier molecular flexibility index (Phi) is 3.47. The maximum Gasteiger partial charge on any atom is 0.287 e. The van der Waals surface area contributed by atoms with Gasteiger partial charge in [0.05, 0.1) is 16.8 Å². The van der Waals surface area contributed by atoms with Gasteiger partial charge in [0.1, 0.15) is 17.3 Å². The molecule has 0 bridgehead atoms. The van der Waals surface area contributed by atoms with E-state index in [2.05, 4.69) is 5.32 Å². The van der Waals surface area contributed by atoms with Crippen LogP contribution >= 0.6 is 0 Å². The Morgan fingerprint density at radius 1 is 1.35 bits per heavy atom. The summed E-state index contributed by atoms with van der Waals surface area (Å²) in [6.45, 7) is 0. The molecular weight excluding hydrogens is 272 g/mol. The lowest BCUT2D eigenvalue weighted by molar-refractivity contribution is -0.384. The van der Waals surface area contributed by atoms with Gasteiger partial charge in [-0.1, -0.05) is 0 Å². The van der Waals surface area contributed by atoms with Crippen LogP contribution in [0.15, 0.2) is 30.5 Å². The van der Waals surface area contributed by atoms with Crippen molar-refractivity contribution in [2.24, 2.45) is 7.05 Å². The molecule has 0 saturated heterocycles. The molecule has 0 aliphatic heterocycles. The minimum atomic E-state index is -0.929. The first-order valence-corrected chi connectivity index (χ1v) is 5.45. The van der Waals surface area contributed by atoms with Gasteiger partial charge < -0.3 is 9.88 Å². The molecular formula is C12H9F2N3O3. The third kappa shape index (κ3) is 2.63. The van der Waals surface area contributed by atoms with E-state index >= 15 is 0 Å². The molecule has 20 heavy (non-hydrogen) atoms. The van der Waals surface area contributed by atoms with Gasteiger partial charge in [0.25, 0.3) is 11.6 Å². The Labute approximate surface area is 111 Å². The molecule has 0 aliphatic rings. The highest BCUT2D eigenvalue weighted by molar-refractivity contribution is 6.03. The number of aryl methyl sites for hydroxylation is 1. The maximum atomic E-state index is 13.4. The van der Waals surface area contributed by atoms with E-state index in [9.17, 15) is 23.7 Å². The quantitative estimate of drug-likeness (QED) is 0.693. The lowest BCUT2D eigenvalue weighted by atomic mass is 10.3.